The molecular weight excluding hydrogens is 366 g/mol. The first-order valence-electron chi connectivity index (χ1n) is 9.50. The molecule has 1 saturated heterocycles. The summed E-state index contributed by atoms with van der Waals surface area (Å²) in [6.45, 7) is 7.59. The van der Waals surface area contributed by atoms with Gasteiger partial charge >= 0.3 is 0 Å². The molecule has 1 aliphatic heterocycles. The Bertz CT molecular complexity index is 704. The zero-order valence-corrected chi connectivity index (χ0v) is 17.2. The number of amides is 1. The molecular formula is C19H31N3O4S. The molecule has 1 aromatic carbocycles. The molecule has 0 bridgehead atoms. The molecule has 1 unspecified atom stereocenters. The number of hydrogen-bond donors (Lipinski definition) is 2. The van der Waals surface area contributed by atoms with E-state index in [0.717, 1.165) is 12.0 Å². The van der Waals surface area contributed by atoms with E-state index in [0.29, 0.717) is 19.6 Å². The van der Waals surface area contributed by atoms with Crippen molar-refractivity contribution in [2.24, 2.45) is 0 Å². The van der Waals surface area contributed by atoms with Crippen LogP contribution in [0.2, 0.25) is 0 Å². The zero-order valence-electron chi connectivity index (χ0n) is 16.4. The fraction of sp³-hybridized carbons (Fsp3) is 0.632. The third-order valence-corrected chi connectivity index (χ3v) is 5.87. The van der Waals surface area contributed by atoms with Gasteiger partial charge in [0, 0.05) is 19.6 Å². The van der Waals surface area contributed by atoms with E-state index < -0.39 is 10.0 Å². The monoisotopic (exact) mass is 397 g/mol. The number of nitrogens with one attached hydrogen (secondary N) is 2. The second-order valence-electron chi connectivity index (χ2n) is 6.96. The molecule has 2 N–H and O–H groups in total. The van der Waals surface area contributed by atoms with Crippen LogP contribution in [0.25, 0.3) is 0 Å². The molecule has 0 aliphatic carbocycles. The van der Waals surface area contributed by atoms with E-state index in [1.807, 2.05) is 26.0 Å². The highest BCUT2D eigenvalue weighted by Crippen LogP contribution is 2.22. The zero-order chi connectivity index (χ0) is 19.9. The van der Waals surface area contributed by atoms with Crippen LogP contribution in [0, 0.1) is 0 Å². The van der Waals surface area contributed by atoms with Crippen molar-refractivity contribution in [3.05, 3.63) is 35.4 Å². The van der Waals surface area contributed by atoms with Crippen LogP contribution < -0.4 is 10.0 Å². The predicted molar refractivity (Wildman–Crippen MR) is 106 cm³/mol. The smallest absolute Gasteiger partial charge is 0.238 e. The van der Waals surface area contributed by atoms with E-state index >= 15 is 0 Å². The molecule has 1 aromatic rings. The molecule has 1 atom stereocenters. The van der Waals surface area contributed by atoms with Crippen LogP contribution in [0.1, 0.15) is 37.9 Å². The summed E-state index contributed by atoms with van der Waals surface area (Å²) in [5.74, 6) is -0.364. The van der Waals surface area contributed by atoms with Gasteiger partial charge in [0.25, 0.3) is 0 Å². The van der Waals surface area contributed by atoms with E-state index in [1.165, 1.54) is 5.56 Å². The number of carbonyl (C=O) groups excluding carboxylic acids is 1. The summed E-state index contributed by atoms with van der Waals surface area (Å²) in [6, 6.07) is 8.15. The van der Waals surface area contributed by atoms with Gasteiger partial charge in [0.2, 0.25) is 15.9 Å². The van der Waals surface area contributed by atoms with Crippen molar-refractivity contribution in [2.75, 3.05) is 38.5 Å². The van der Waals surface area contributed by atoms with E-state index in [4.69, 9.17) is 4.74 Å². The third kappa shape index (κ3) is 6.88. The molecule has 1 fully saturated rings. The summed E-state index contributed by atoms with van der Waals surface area (Å²) in [6.07, 6.45) is 0.941. The highest BCUT2D eigenvalue weighted by atomic mass is 32.2. The number of aryl methyl sites for hydroxylation is 1. The Kier molecular flexibility index (Phi) is 8.22. The minimum atomic E-state index is -3.54. The third-order valence-electron chi connectivity index (χ3n) is 4.58. The van der Waals surface area contributed by atoms with Gasteiger partial charge < -0.3 is 15.0 Å². The van der Waals surface area contributed by atoms with Crippen LogP contribution in [0.5, 0.6) is 0 Å². The first-order valence-corrected chi connectivity index (χ1v) is 11.2. The lowest BCUT2D eigenvalue weighted by atomic mass is 10.0. The predicted octanol–water partition coefficient (Wildman–Crippen LogP) is 1.07. The van der Waals surface area contributed by atoms with E-state index in [2.05, 4.69) is 29.1 Å². The van der Waals surface area contributed by atoms with Crippen LogP contribution in [0.4, 0.5) is 0 Å². The maximum absolute atomic E-state index is 12.7. The molecule has 27 heavy (non-hydrogen) atoms. The van der Waals surface area contributed by atoms with Gasteiger partial charge in [-0.2, -0.15) is 0 Å². The van der Waals surface area contributed by atoms with E-state index in [9.17, 15) is 13.2 Å². The standard InChI is InChI=1S/C19H31N3O4S/c1-4-16-5-7-17(8-6-16)18-13-20-9-10-22(18)19(23)14-21-27(24,25)12-11-26-15(2)3/h5-8,15,18,20-21H,4,9-14H2,1-3H3. The van der Waals surface area contributed by atoms with Gasteiger partial charge in [-0.3, -0.25) is 4.79 Å². The lowest BCUT2D eigenvalue weighted by molar-refractivity contribution is -0.133. The maximum atomic E-state index is 12.7. The molecule has 0 spiro atoms. The number of carbonyl (C=O) groups is 1. The number of benzene rings is 1. The average Bonchev–Trinajstić information content (AvgIpc) is 2.66. The average molecular weight is 398 g/mol. The molecule has 1 amide bonds. The Morgan fingerprint density at radius 2 is 2.04 bits per heavy atom. The van der Waals surface area contributed by atoms with Crippen molar-refractivity contribution in [1.82, 2.24) is 14.9 Å². The normalized spacial score (nSPS) is 18.1. The molecule has 7 nitrogen and oxygen atoms in total. The number of hydrogen-bond acceptors (Lipinski definition) is 5. The van der Waals surface area contributed by atoms with Crippen LogP contribution in [-0.2, 0) is 26.0 Å². The fourth-order valence-corrected chi connectivity index (χ4v) is 3.82. The van der Waals surface area contributed by atoms with E-state index in [-0.39, 0.29) is 37.0 Å². The van der Waals surface area contributed by atoms with Gasteiger partial charge in [-0.25, -0.2) is 13.1 Å². The Hall–Kier alpha value is -1.48. The second-order valence-corrected chi connectivity index (χ2v) is 8.89. The topological polar surface area (TPSA) is 87.7 Å². The van der Waals surface area contributed by atoms with Crippen molar-refractivity contribution in [2.45, 2.75) is 39.3 Å². The molecule has 8 heteroatoms. The van der Waals surface area contributed by atoms with Crippen LogP contribution in [-0.4, -0.2) is 63.9 Å². The molecule has 0 aromatic heterocycles. The summed E-state index contributed by atoms with van der Waals surface area (Å²) in [7, 11) is -3.54. The van der Waals surface area contributed by atoms with Crippen molar-refractivity contribution >= 4 is 15.9 Å². The maximum Gasteiger partial charge on any atom is 0.238 e. The van der Waals surface area contributed by atoms with Crippen LogP contribution in [0.15, 0.2) is 24.3 Å². The SMILES string of the molecule is CCc1ccc(C2CNCCN2C(=O)CNS(=O)(=O)CCOC(C)C)cc1. The summed E-state index contributed by atoms with van der Waals surface area (Å²) in [5, 5.41) is 3.31. The largest absolute Gasteiger partial charge is 0.378 e. The summed E-state index contributed by atoms with van der Waals surface area (Å²) in [4.78, 5) is 14.4. The summed E-state index contributed by atoms with van der Waals surface area (Å²) in [5.41, 5.74) is 2.30. The first kappa shape index (κ1) is 21.8. The van der Waals surface area contributed by atoms with Crippen LogP contribution in [0.3, 0.4) is 0 Å². The van der Waals surface area contributed by atoms with Crippen molar-refractivity contribution in [3.8, 4) is 0 Å². The number of sulfonamides is 1. The first-order chi connectivity index (χ1) is 12.8. The van der Waals surface area contributed by atoms with Gasteiger partial charge in [-0.05, 0) is 31.4 Å². The number of piperazine rings is 1. The quantitative estimate of drug-likeness (QED) is 0.651. The van der Waals surface area contributed by atoms with E-state index in [1.54, 1.807) is 4.90 Å². The Morgan fingerprint density at radius 3 is 2.67 bits per heavy atom. The lowest BCUT2D eigenvalue weighted by Gasteiger charge is -2.36. The summed E-state index contributed by atoms with van der Waals surface area (Å²) < 4.78 is 31.8. The molecule has 0 saturated carbocycles. The van der Waals surface area contributed by atoms with Gasteiger partial charge in [0.05, 0.1) is 31.1 Å². The van der Waals surface area contributed by atoms with Gasteiger partial charge in [0.1, 0.15) is 0 Å². The van der Waals surface area contributed by atoms with Crippen molar-refractivity contribution in [3.63, 3.8) is 0 Å². The number of rotatable bonds is 9. The minimum Gasteiger partial charge on any atom is -0.378 e. The Balaban J connectivity index is 1.96. The van der Waals surface area contributed by atoms with Gasteiger partial charge in [-0.15, -0.1) is 0 Å². The molecule has 1 heterocycles. The van der Waals surface area contributed by atoms with Crippen molar-refractivity contribution in [1.29, 1.82) is 0 Å². The number of ether oxygens (including phenoxy) is 1. The molecule has 0 radical (unpaired) electrons. The fourth-order valence-electron chi connectivity index (χ4n) is 3.02. The minimum absolute atomic E-state index is 0.0254. The molecule has 2 rings (SSSR count). The highest BCUT2D eigenvalue weighted by Gasteiger charge is 2.28. The van der Waals surface area contributed by atoms with Gasteiger partial charge in [0.15, 0.2) is 0 Å². The highest BCUT2D eigenvalue weighted by molar-refractivity contribution is 7.89. The molecule has 1 aliphatic rings. The number of nitrogens with zero attached hydrogens (tertiary/aromatic N) is 1. The second kappa shape index (κ2) is 10.2. The lowest BCUT2D eigenvalue weighted by Crippen LogP contribution is -2.51. The summed E-state index contributed by atoms with van der Waals surface area (Å²) >= 11 is 0. The Morgan fingerprint density at radius 1 is 1.33 bits per heavy atom. The van der Waals surface area contributed by atoms with Crippen LogP contribution >= 0.6 is 0 Å². The van der Waals surface area contributed by atoms with Gasteiger partial charge in [-0.1, -0.05) is 31.2 Å². The van der Waals surface area contributed by atoms with Crippen molar-refractivity contribution < 1.29 is 17.9 Å². The Labute approximate surface area is 162 Å². The molecule has 152 valence electrons.